The Bertz CT molecular complexity index is 428. The molecule has 98 valence electrons. The Balaban J connectivity index is 2.64. The molecule has 0 aliphatic heterocycles. The maximum Gasteiger partial charge on any atom is 0.248 e. The Hall–Kier alpha value is -1.88. The van der Waals surface area contributed by atoms with Crippen molar-refractivity contribution >= 4 is 17.5 Å². The lowest BCUT2D eigenvalue weighted by Crippen LogP contribution is -2.32. The number of nitrogens with two attached hydrogens (primary N) is 1. The van der Waals surface area contributed by atoms with Crippen LogP contribution in [-0.2, 0) is 4.79 Å². The zero-order valence-electron chi connectivity index (χ0n) is 10.8. The van der Waals surface area contributed by atoms with E-state index < -0.39 is 5.91 Å². The van der Waals surface area contributed by atoms with E-state index in [2.05, 4.69) is 5.32 Å². The Morgan fingerprint density at radius 1 is 1.28 bits per heavy atom. The van der Waals surface area contributed by atoms with Crippen molar-refractivity contribution in [1.29, 1.82) is 0 Å². The number of rotatable bonds is 6. The van der Waals surface area contributed by atoms with E-state index in [9.17, 15) is 9.59 Å². The van der Waals surface area contributed by atoms with Gasteiger partial charge in [-0.15, -0.1) is 0 Å². The van der Waals surface area contributed by atoms with E-state index in [4.69, 9.17) is 5.73 Å². The summed E-state index contributed by atoms with van der Waals surface area (Å²) >= 11 is 0. The Kier molecular flexibility index (Phi) is 5.32. The summed E-state index contributed by atoms with van der Waals surface area (Å²) in [5, 5.41) is 2.75. The number of hydrogen-bond acceptors (Lipinski definition) is 3. The van der Waals surface area contributed by atoms with Gasteiger partial charge in [0.2, 0.25) is 11.8 Å². The Morgan fingerprint density at radius 2 is 1.94 bits per heavy atom. The number of likely N-dealkylation sites (N-methyl/N-ethyl adjacent to an activating group) is 1. The highest BCUT2D eigenvalue weighted by Gasteiger charge is 2.08. The molecule has 18 heavy (non-hydrogen) atoms. The van der Waals surface area contributed by atoms with Gasteiger partial charge in [-0.3, -0.25) is 14.5 Å². The van der Waals surface area contributed by atoms with E-state index in [0.717, 1.165) is 13.1 Å². The molecule has 0 aliphatic rings. The number of nitrogens with zero attached hydrogens (tertiary/aromatic N) is 1. The molecule has 2 amide bonds. The summed E-state index contributed by atoms with van der Waals surface area (Å²) < 4.78 is 0. The van der Waals surface area contributed by atoms with Gasteiger partial charge in [-0.25, -0.2) is 0 Å². The molecule has 0 aliphatic carbocycles. The number of amides is 2. The van der Waals surface area contributed by atoms with Crippen LogP contribution >= 0.6 is 0 Å². The molecule has 0 bridgehead atoms. The fourth-order valence-corrected chi connectivity index (χ4v) is 1.60. The van der Waals surface area contributed by atoms with Crippen molar-refractivity contribution in [2.45, 2.75) is 13.8 Å². The van der Waals surface area contributed by atoms with Crippen molar-refractivity contribution in [3.8, 4) is 0 Å². The Morgan fingerprint density at radius 3 is 2.50 bits per heavy atom. The second-order valence-electron chi connectivity index (χ2n) is 3.95. The first-order valence-corrected chi connectivity index (χ1v) is 5.98. The van der Waals surface area contributed by atoms with Crippen molar-refractivity contribution in [2.75, 3.05) is 25.0 Å². The molecule has 0 aromatic heterocycles. The van der Waals surface area contributed by atoms with Crippen LogP contribution in [0.15, 0.2) is 24.3 Å². The maximum absolute atomic E-state index is 11.8. The number of carbonyl (C=O) groups is 2. The largest absolute Gasteiger partial charge is 0.366 e. The molecule has 3 N–H and O–H groups in total. The average Bonchev–Trinajstić information content (AvgIpc) is 2.36. The van der Waals surface area contributed by atoms with Gasteiger partial charge >= 0.3 is 0 Å². The number of hydrogen-bond donors (Lipinski definition) is 2. The van der Waals surface area contributed by atoms with Gasteiger partial charge in [0.25, 0.3) is 0 Å². The summed E-state index contributed by atoms with van der Waals surface area (Å²) in [5.41, 5.74) is 6.15. The first-order valence-electron chi connectivity index (χ1n) is 5.98. The van der Waals surface area contributed by atoms with E-state index in [-0.39, 0.29) is 5.91 Å². The van der Waals surface area contributed by atoms with Crippen molar-refractivity contribution in [2.24, 2.45) is 5.73 Å². The molecule has 0 atom stereocenters. The van der Waals surface area contributed by atoms with E-state index in [1.807, 2.05) is 18.7 Å². The summed E-state index contributed by atoms with van der Waals surface area (Å²) in [4.78, 5) is 24.8. The quantitative estimate of drug-likeness (QED) is 0.791. The average molecular weight is 249 g/mol. The van der Waals surface area contributed by atoms with Crippen molar-refractivity contribution in [3.05, 3.63) is 29.8 Å². The van der Waals surface area contributed by atoms with Crippen LogP contribution in [0, 0.1) is 0 Å². The molecule has 0 saturated heterocycles. The zero-order chi connectivity index (χ0) is 13.5. The van der Waals surface area contributed by atoms with Crippen LogP contribution in [0.4, 0.5) is 5.69 Å². The molecule has 1 aromatic rings. The molecule has 0 fully saturated rings. The summed E-state index contributed by atoms with van der Waals surface area (Å²) in [6.45, 7) is 6.00. The third kappa shape index (κ3) is 4.18. The molecular weight excluding hydrogens is 230 g/mol. The summed E-state index contributed by atoms with van der Waals surface area (Å²) in [6.07, 6.45) is 0. The van der Waals surface area contributed by atoms with Crippen LogP contribution in [0.2, 0.25) is 0 Å². The number of nitrogens with one attached hydrogen (secondary N) is 1. The second-order valence-corrected chi connectivity index (χ2v) is 3.95. The fraction of sp³-hybridized carbons (Fsp3) is 0.385. The van der Waals surface area contributed by atoms with Gasteiger partial charge < -0.3 is 11.1 Å². The van der Waals surface area contributed by atoms with E-state index in [0.29, 0.717) is 17.8 Å². The number of benzene rings is 1. The van der Waals surface area contributed by atoms with E-state index >= 15 is 0 Å². The van der Waals surface area contributed by atoms with Crippen LogP contribution in [0.3, 0.4) is 0 Å². The van der Waals surface area contributed by atoms with Crippen LogP contribution < -0.4 is 11.1 Å². The van der Waals surface area contributed by atoms with Crippen LogP contribution in [0.25, 0.3) is 0 Å². The fourth-order valence-electron chi connectivity index (χ4n) is 1.60. The maximum atomic E-state index is 11.8. The minimum Gasteiger partial charge on any atom is -0.366 e. The molecule has 5 heteroatoms. The predicted molar refractivity (Wildman–Crippen MR) is 71.4 cm³/mol. The molecule has 0 radical (unpaired) electrons. The summed E-state index contributed by atoms with van der Waals surface area (Å²) in [6, 6.07) is 6.60. The van der Waals surface area contributed by atoms with Gasteiger partial charge in [0.15, 0.2) is 0 Å². The smallest absolute Gasteiger partial charge is 0.248 e. The molecular formula is C13H19N3O2. The first-order chi connectivity index (χ1) is 8.56. The van der Waals surface area contributed by atoms with Gasteiger partial charge in [0.1, 0.15) is 0 Å². The number of anilines is 1. The lowest BCUT2D eigenvalue weighted by Gasteiger charge is -2.17. The van der Waals surface area contributed by atoms with Crippen molar-refractivity contribution < 1.29 is 9.59 Å². The minimum atomic E-state index is -0.505. The monoisotopic (exact) mass is 249 g/mol. The Labute approximate surface area is 107 Å². The number of carbonyl (C=O) groups excluding carboxylic acids is 2. The zero-order valence-corrected chi connectivity index (χ0v) is 10.8. The van der Waals surface area contributed by atoms with Crippen LogP contribution in [0.1, 0.15) is 24.2 Å². The van der Waals surface area contributed by atoms with Crippen LogP contribution in [0.5, 0.6) is 0 Å². The third-order valence-corrected chi connectivity index (χ3v) is 2.69. The standard InChI is InChI=1S/C13H19N3O2/c1-3-16(4-2)9-12(17)15-11-7-5-6-10(8-11)13(14)18/h5-8H,3-4,9H2,1-2H3,(H2,14,18)(H,15,17). The second kappa shape index (κ2) is 6.76. The molecule has 0 saturated carbocycles. The first kappa shape index (κ1) is 14.2. The normalized spacial score (nSPS) is 10.4. The SMILES string of the molecule is CCN(CC)CC(=O)Nc1cccc(C(N)=O)c1. The van der Waals surface area contributed by atoms with Gasteiger partial charge in [0, 0.05) is 11.3 Å². The topological polar surface area (TPSA) is 75.4 Å². The molecule has 0 spiro atoms. The van der Waals surface area contributed by atoms with Crippen molar-refractivity contribution in [3.63, 3.8) is 0 Å². The molecule has 1 rings (SSSR count). The highest BCUT2D eigenvalue weighted by molar-refractivity contribution is 5.96. The predicted octanol–water partition coefficient (Wildman–Crippen LogP) is 1.07. The van der Waals surface area contributed by atoms with Gasteiger partial charge in [0.05, 0.1) is 6.54 Å². The highest BCUT2D eigenvalue weighted by Crippen LogP contribution is 2.10. The third-order valence-electron chi connectivity index (χ3n) is 2.69. The summed E-state index contributed by atoms with van der Waals surface area (Å²) in [7, 11) is 0. The lowest BCUT2D eigenvalue weighted by atomic mass is 10.2. The van der Waals surface area contributed by atoms with Gasteiger partial charge in [-0.05, 0) is 31.3 Å². The van der Waals surface area contributed by atoms with Crippen molar-refractivity contribution in [1.82, 2.24) is 4.90 Å². The van der Waals surface area contributed by atoms with Gasteiger partial charge in [-0.2, -0.15) is 0 Å². The number of primary amides is 1. The molecule has 1 aromatic carbocycles. The van der Waals surface area contributed by atoms with E-state index in [1.165, 1.54) is 0 Å². The van der Waals surface area contributed by atoms with E-state index in [1.54, 1.807) is 24.3 Å². The molecule has 0 heterocycles. The highest BCUT2D eigenvalue weighted by atomic mass is 16.2. The molecule has 5 nitrogen and oxygen atoms in total. The lowest BCUT2D eigenvalue weighted by molar-refractivity contribution is -0.117. The molecule has 0 unspecified atom stereocenters. The summed E-state index contributed by atoms with van der Waals surface area (Å²) in [5.74, 6) is -0.602. The van der Waals surface area contributed by atoms with Crippen LogP contribution in [-0.4, -0.2) is 36.3 Å². The minimum absolute atomic E-state index is 0.0969. The van der Waals surface area contributed by atoms with Gasteiger partial charge in [-0.1, -0.05) is 19.9 Å².